The number of primary amides is 1. The van der Waals surface area contributed by atoms with Crippen molar-refractivity contribution in [2.75, 3.05) is 32.8 Å². The summed E-state index contributed by atoms with van der Waals surface area (Å²) in [5.41, 5.74) is 4.88. The summed E-state index contributed by atoms with van der Waals surface area (Å²) in [6.45, 7) is 12.8. The molecule has 1 atom stereocenters. The maximum Gasteiger partial charge on any atom is 0.237 e. The minimum absolute atomic E-state index is 0.0379. The molecule has 0 aliphatic carbocycles. The van der Waals surface area contributed by atoms with E-state index in [1.165, 1.54) is 0 Å². The van der Waals surface area contributed by atoms with Gasteiger partial charge < -0.3 is 15.8 Å². The average Bonchev–Trinajstić information content (AvgIpc) is 2.34. The Bertz CT molecular complexity index is 320. The fourth-order valence-electron chi connectivity index (χ4n) is 2.81. The van der Waals surface area contributed by atoms with E-state index in [-0.39, 0.29) is 11.5 Å². The standard InChI is InChI=1S/C15H31N3O2/c1-5-17-15(4,13(16)19)8-6-7-9-18-10-11-20-14(2,3)12-18/h17H,5-12H2,1-4H3,(H2,16,19). The van der Waals surface area contributed by atoms with Crippen LogP contribution in [0.3, 0.4) is 0 Å². The predicted molar refractivity (Wildman–Crippen MR) is 81.6 cm³/mol. The molecule has 1 aliphatic rings. The van der Waals surface area contributed by atoms with Crippen molar-refractivity contribution >= 4 is 5.91 Å². The summed E-state index contributed by atoms with van der Waals surface area (Å²) in [5, 5.41) is 3.20. The lowest BCUT2D eigenvalue weighted by Gasteiger charge is -2.38. The van der Waals surface area contributed by atoms with E-state index in [4.69, 9.17) is 10.5 Å². The number of hydrogen-bond donors (Lipinski definition) is 2. The van der Waals surface area contributed by atoms with Gasteiger partial charge in [-0.25, -0.2) is 0 Å². The summed E-state index contributed by atoms with van der Waals surface area (Å²) in [6.07, 6.45) is 2.89. The molecule has 3 N–H and O–H groups in total. The first-order valence-electron chi connectivity index (χ1n) is 7.70. The van der Waals surface area contributed by atoms with Crippen LogP contribution in [0, 0.1) is 0 Å². The molecule has 0 radical (unpaired) electrons. The fourth-order valence-corrected chi connectivity index (χ4v) is 2.81. The van der Waals surface area contributed by atoms with Crippen LogP contribution >= 0.6 is 0 Å². The quantitative estimate of drug-likeness (QED) is 0.656. The molecule has 0 saturated carbocycles. The van der Waals surface area contributed by atoms with Crippen molar-refractivity contribution in [1.82, 2.24) is 10.2 Å². The maximum absolute atomic E-state index is 11.5. The monoisotopic (exact) mass is 285 g/mol. The van der Waals surface area contributed by atoms with Crippen molar-refractivity contribution in [2.45, 2.75) is 58.1 Å². The molecule has 0 bridgehead atoms. The van der Waals surface area contributed by atoms with Gasteiger partial charge in [0.15, 0.2) is 0 Å². The molecule has 1 aliphatic heterocycles. The van der Waals surface area contributed by atoms with Crippen LogP contribution in [0.15, 0.2) is 0 Å². The Morgan fingerprint density at radius 1 is 1.45 bits per heavy atom. The highest BCUT2D eigenvalue weighted by molar-refractivity contribution is 5.84. The predicted octanol–water partition coefficient (Wildman–Crippen LogP) is 1.12. The number of nitrogens with two attached hydrogens (primary N) is 1. The van der Waals surface area contributed by atoms with Gasteiger partial charge in [-0.2, -0.15) is 0 Å². The highest BCUT2D eigenvalue weighted by atomic mass is 16.5. The van der Waals surface area contributed by atoms with Crippen LogP contribution in [-0.4, -0.2) is 54.7 Å². The van der Waals surface area contributed by atoms with E-state index in [2.05, 4.69) is 24.1 Å². The Labute approximate surface area is 123 Å². The van der Waals surface area contributed by atoms with Gasteiger partial charge in [-0.15, -0.1) is 0 Å². The third kappa shape index (κ3) is 5.38. The Balaban J connectivity index is 2.28. The van der Waals surface area contributed by atoms with Gasteiger partial charge in [0.1, 0.15) is 0 Å². The summed E-state index contributed by atoms with van der Waals surface area (Å²) in [5.74, 6) is -0.258. The largest absolute Gasteiger partial charge is 0.373 e. The SMILES string of the molecule is CCNC(C)(CCCCN1CCOC(C)(C)C1)C(N)=O. The van der Waals surface area contributed by atoms with E-state index >= 15 is 0 Å². The van der Waals surface area contributed by atoms with Crippen molar-refractivity contribution in [2.24, 2.45) is 5.73 Å². The number of carbonyl (C=O) groups is 1. The molecule has 0 aromatic rings. The molecule has 1 rings (SSSR count). The highest BCUT2D eigenvalue weighted by Gasteiger charge is 2.30. The van der Waals surface area contributed by atoms with Crippen LogP contribution in [0.5, 0.6) is 0 Å². The van der Waals surface area contributed by atoms with Gasteiger partial charge in [-0.3, -0.25) is 9.69 Å². The number of hydrogen-bond acceptors (Lipinski definition) is 4. The zero-order chi connectivity index (χ0) is 15.2. The molecule has 5 nitrogen and oxygen atoms in total. The Kier molecular flexibility index (Phi) is 6.43. The van der Waals surface area contributed by atoms with Gasteiger partial charge >= 0.3 is 0 Å². The molecule has 118 valence electrons. The summed E-state index contributed by atoms with van der Waals surface area (Å²) in [6, 6.07) is 0. The van der Waals surface area contributed by atoms with Gasteiger partial charge in [0.25, 0.3) is 0 Å². The van der Waals surface area contributed by atoms with Crippen LogP contribution in [0.25, 0.3) is 0 Å². The second-order valence-electron chi connectivity index (χ2n) is 6.57. The Morgan fingerprint density at radius 3 is 2.70 bits per heavy atom. The minimum Gasteiger partial charge on any atom is -0.373 e. The zero-order valence-corrected chi connectivity index (χ0v) is 13.5. The van der Waals surface area contributed by atoms with Crippen molar-refractivity contribution in [3.05, 3.63) is 0 Å². The van der Waals surface area contributed by atoms with Gasteiger partial charge in [0, 0.05) is 13.1 Å². The first kappa shape index (κ1) is 17.4. The van der Waals surface area contributed by atoms with Gasteiger partial charge in [-0.05, 0) is 53.1 Å². The summed E-state index contributed by atoms with van der Waals surface area (Å²) in [4.78, 5) is 14.0. The summed E-state index contributed by atoms with van der Waals surface area (Å²) in [7, 11) is 0. The topological polar surface area (TPSA) is 67.6 Å². The molecule has 0 spiro atoms. The molecule has 1 unspecified atom stereocenters. The number of morpholine rings is 1. The average molecular weight is 285 g/mol. The van der Waals surface area contributed by atoms with Gasteiger partial charge in [0.05, 0.1) is 17.7 Å². The van der Waals surface area contributed by atoms with E-state index < -0.39 is 5.54 Å². The van der Waals surface area contributed by atoms with Crippen molar-refractivity contribution in [3.63, 3.8) is 0 Å². The van der Waals surface area contributed by atoms with Crippen LogP contribution in [0.1, 0.15) is 47.0 Å². The Morgan fingerprint density at radius 2 is 2.15 bits per heavy atom. The van der Waals surface area contributed by atoms with Crippen LogP contribution in [0.4, 0.5) is 0 Å². The molecule has 1 fully saturated rings. The third-order valence-electron chi connectivity index (χ3n) is 4.02. The highest BCUT2D eigenvalue weighted by Crippen LogP contribution is 2.18. The number of rotatable bonds is 8. The molecule has 0 aromatic heterocycles. The second kappa shape index (κ2) is 7.38. The molecule has 20 heavy (non-hydrogen) atoms. The lowest BCUT2D eigenvalue weighted by atomic mass is 9.93. The zero-order valence-electron chi connectivity index (χ0n) is 13.5. The van der Waals surface area contributed by atoms with E-state index in [0.717, 1.165) is 52.0 Å². The lowest BCUT2D eigenvalue weighted by Crippen LogP contribution is -2.53. The molecule has 1 amide bonds. The van der Waals surface area contributed by atoms with Crippen LogP contribution in [0.2, 0.25) is 0 Å². The lowest BCUT2D eigenvalue weighted by molar-refractivity contribution is -0.124. The molecule has 5 heteroatoms. The summed E-state index contributed by atoms with van der Waals surface area (Å²) < 4.78 is 5.71. The number of amides is 1. The van der Waals surface area contributed by atoms with Crippen LogP contribution in [-0.2, 0) is 9.53 Å². The third-order valence-corrected chi connectivity index (χ3v) is 4.02. The second-order valence-corrected chi connectivity index (χ2v) is 6.57. The van der Waals surface area contributed by atoms with E-state index in [9.17, 15) is 4.79 Å². The number of ether oxygens (including phenoxy) is 1. The van der Waals surface area contributed by atoms with E-state index in [1.54, 1.807) is 0 Å². The van der Waals surface area contributed by atoms with E-state index in [1.807, 2.05) is 13.8 Å². The van der Waals surface area contributed by atoms with Gasteiger partial charge in [-0.1, -0.05) is 6.92 Å². The number of nitrogens with one attached hydrogen (secondary N) is 1. The number of carbonyl (C=O) groups excluding carboxylic acids is 1. The van der Waals surface area contributed by atoms with Crippen molar-refractivity contribution in [3.8, 4) is 0 Å². The minimum atomic E-state index is -0.570. The smallest absolute Gasteiger partial charge is 0.237 e. The molecular formula is C15H31N3O2. The number of nitrogens with zero attached hydrogens (tertiary/aromatic N) is 1. The maximum atomic E-state index is 11.5. The summed E-state index contributed by atoms with van der Waals surface area (Å²) >= 11 is 0. The molecule has 1 heterocycles. The molecule has 1 saturated heterocycles. The van der Waals surface area contributed by atoms with Crippen LogP contribution < -0.4 is 11.1 Å². The normalized spacial score (nSPS) is 22.4. The first-order chi connectivity index (χ1) is 9.29. The Hall–Kier alpha value is -0.650. The number of likely N-dealkylation sites (N-methyl/N-ethyl adjacent to an activating group) is 1. The molecular weight excluding hydrogens is 254 g/mol. The number of unbranched alkanes of at least 4 members (excludes halogenated alkanes) is 1. The van der Waals surface area contributed by atoms with Crippen molar-refractivity contribution < 1.29 is 9.53 Å². The van der Waals surface area contributed by atoms with E-state index in [0.29, 0.717) is 0 Å². The first-order valence-corrected chi connectivity index (χ1v) is 7.70. The van der Waals surface area contributed by atoms with Gasteiger partial charge in [0.2, 0.25) is 5.91 Å². The fraction of sp³-hybridized carbons (Fsp3) is 0.933. The molecule has 0 aromatic carbocycles. The van der Waals surface area contributed by atoms with Crippen molar-refractivity contribution in [1.29, 1.82) is 0 Å².